The number of amides is 1. The Hall–Kier alpha value is -2.05. The van der Waals surface area contributed by atoms with Crippen LogP contribution >= 0.6 is 11.3 Å². The van der Waals surface area contributed by atoms with E-state index in [1.165, 1.54) is 23.3 Å². The van der Waals surface area contributed by atoms with E-state index in [4.69, 9.17) is 9.47 Å². The lowest BCUT2D eigenvalue weighted by atomic mass is 10.2. The lowest BCUT2D eigenvalue weighted by Gasteiger charge is -2.13. The summed E-state index contributed by atoms with van der Waals surface area (Å²) in [6.07, 6.45) is 2.65. The first-order chi connectivity index (χ1) is 12.2. The molecule has 1 aliphatic heterocycles. The van der Waals surface area contributed by atoms with Crippen molar-refractivity contribution in [2.24, 2.45) is 0 Å². The van der Waals surface area contributed by atoms with Crippen LogP contribution in [0.5, 0.6) is 11.5 Å². The molecule has 6 heteroatoms. The zero-order chi connectivity index (χ0) is 17.4. The van der Waals surface area contributed by atoms with Crippen LogP contribution in [0.15, 0.2) is 24.3 Å². The van der Waals surface area contributed by atoms with E-state index in [0.29, 0.717) is 6.54 Å². The third kappa shape index (κ3) is 3.37. The molecule has 1 saturated carbocycles. The van der Waals surface area contributed by atoms with E-state index in [2.05, 4.69) is 16.3 Å². The second-order valence-corrected chi connectivity index (χ2v) is 7.69. The van der Waals surface area contributed by atoms with Crippen LogP contribution in [0.3, 0.4) is 0 Å². The predicted molar refractivity (Wildman–Crippen MR) is 97.3 cm³/mol. The highest BCUT2D eigenvalue weighted by atomic mass is 32.1. The van der Waals surface area contributed by atoms with E-state index < -0.39 is 0 Å². The third-order valence-electron chi connectivity index (χ3n) is 4.83. The van der Waals surface area contributed by atoms with E-state index in [9.17, 15) is 4.79 Å². The standard InChI is InChI=1S/C19H22N2O3S/c1-23-15-5-6-16(24-2)12(7-15)9-20-19(22)17-8-13-10-21(14-3-4-14)11-18(13)25-17/h5-8,14H,3-4,9-11H2,1-2H3,(H,20,22). The van der Waals surface area contributed by atoms with Crippen LogP contribution in [0.1, 0.15) is 38.5 Å². The molecule has 0 spiro atoms. The summed E-state index contributed by atoms with van der Waals surface area (Å²) >= 11 is 1.62. The topological polar surface area (TPSA) is 50.8 Å². The van der Waals surface area contributed by atoms with Crippen molar-refractivity contribution in [1.29, 1.82) is 0 Å². The number of nitrogens with zero attached hydrogens (tertiary/aromatic N) is 1. The van der Waals surface area contributed by atoms with Gasteiger partial charge in [0.1, 0.15) is 11.5 Å². The van der Waals surface area contributed by atoms with E-state index in [0.717, 1.165) is 41.1 Å². The fraction of sp³-hybridized carbons (Fsp3) is 0.421. The van der Waals surface area contributed by atoms with E-state index in [1.54, 1.807) is 25.6 Å². The fourth-order valence-electron chi connectivity index (χ4n) is 3.29. The molecule has 1 fully saturated rings. The molecule has 1 aromatic carbocycles. The van der Waals surface area contributed by atoms with Gasteiger partial charge in [-0.3, -0.25) is 9.69 Å². The molecule has 25 heavy (non-hydrogen) atoms. The van der Waals surface area contributed by atoms with Crippen LogP contribution < -0.4 is 14.8 Å². The van der Waals surface area contributed by atoms with Crippen LogP contribution in [-0.4, -0.2) is 31.1 Å². The minimum atomic E-state index is -0.0257. The molecular formula is C19H22N2O3S. The number of ether oxygens (including phenoxy) is 2. The van der Waals surface area contributed by atoms with E-state index in [1.807, 2.05) is 18.2 Å². The maximum atomic E-state index is 12.5. The molecule has 0 radical (unpaired) electrons. The molecule has 1 aromatic heterocycles. The van der Waals surface area contributed by atoms with Gasteiger partial charge in [-0.15, -0.1) is 11.3 Å². The number of fused-ring (bicyclic) bond motifs is 1. The number of carbonyl (C=O) groups excluding carboxylic acids is 1. The minimum Gasteiger partial charge on any atom is -0.497 e. The number of methoxy groups -OCH3 is 2. The molecule has 4 rings (SSSR count). The number of hydrogen-bond donors (Lipinski definition) is 1. The molecule has 0 unspecified atom stereocenters. The van der Waals surface area contributed by atoms with Crippen molar-refractivity contribution in [1.82, 2.24) is 10.2 Å². The molecule has 0 atom stereocenters. The second kappa shape index (κ2) is 6.69. The molecule has 1 N–H and O–H groups in total. The highest BCUT2D eigenvalue weighted by molar-refractivity contribution is 7.14. The van der Waals surface area contributed by atoms with Gasteiger partial charge in [-0.2, -0.15) is 0 Å². The summed E-state index contributed by atoms with van der Waals surface area (Å²) in [7, 11) is 3.25. The van der Waals surface area contributed by atoms with E-state index in [-0.39, 0.29) is 5.91 Å². The van der Waals surface area contributed by atoms with Gasteiger partial charge in [-0.1, -0.05) is 0 Å². The van der Waals surface area contributed by atoms with Crippen LogP contribution in [0.4, 0.5) is 0 Å². The van der Waals surface area contributed by atoms with Gasteiger partial charge in [0.25, 0.3) is 5.91 Å². The Bertz CT molecular complexity index is 774. The lowest BCUT2D eigenvalue weighted by molar-refractivity contribution is 0.0954. The molecule has 0 saturated heterocycles. The Morgan fingerprint density at radius 2 is 2.08 bits per heavy atom. The molecule has 2 heterocycles. The normalized spacial score (nSPS) is 16.6. The van der Waals surface area contributed by atoms with Gasteiger partial charge in [-0.25, -0.2) is 0 Å². The Labute approximate surface area is 151 Å². The molecule has 2 aromatic rings. The summed E-state index contributed by atoms with van der Waals surface area (Å²) in [6.45, 7) is 2.41. The average Bonchev–Trinajstić information content (AvgIpc) is 3.29. The number of rotatable bonds is 6. The smallest absolute Gasteiger partial charge is 0.261 e. The first-order valence-corrected chi connectivity index (χ1v) is 9.34. The predicted octanol–water partition coefficient (Wildman–Crippen LogP) is 3.17. The fourth-order valence-corrected chi connectivity index (χ4v) is 4.40. The van der Waals surface area contributed by atoms with Crippen molar-refractivity contribution in [2.75, 3.05) is 14.2 Å². The lowest BCUT2D eigenvalue weighted by Crippen LogP contribution is -2.22. The first-order valence-electron chi connectivity index (χ1n) is 8.52. The van der Waals surface area contributed by atoms with Gasteiger partial charge >= 0.3 is 0 Å². The van der Waals surface area contributed by atoms with Crippen LogP contribution in [0.25, 0.3) is 0 Å². The van der Waals surface area contributed by atoms with Crippen molar-refractivity contribution >= 4 is 17.2 Å². The Morgan fingerprint density at radius 1 is 1.24 bits per heavy atom. The first kappa shape index (κ1) is 16.4. The number of thiophene rings is 1. The van der Waals surface area contributed by atoms with Gasteiger partial charge < -0.3 is 14.8 Å². The van der Waals surface area contributed by atoms with Crippen molar-refractivity contribution < 1.29 is 14.3 Å². The Balaban J connectivity index is 1.41. The number of carbonyl (C=O) groups is 1. The van der Waals surface area contributed by atoms with Gasteiger partial charge in [0, 0.05) is 36.1 Å². The zero-order valence-electron chi connectivity index (χ0n) is 14.5. The van der Waals surface area contributed by atoms with Crippen LogP contribution in [-0.2, 0) is 19.6 Å². The van der Waals surface area contributed by atoms with Gasteiger partial charge in [0.15, 0.2) is 0 Å². The molecular weight excluding hydrogens is 336 g/mol. The summed E-state index contributed by atoms with van der Waals surface area (Å²) in [5, 5.41) is 3.00. The van der Waals surface area contributed by atoms with Gasteiger partial charge in [0.05, 0.1) is 19.1 Å². The summed E-state index contributed by atoms with van der Waals surface area (Å²) in [5.74, 6) is 1.47. The minimum absolute atomic E-state index is 0.0257. The maximum absolute atomic E-state index is 12.5. The average molecular weight is 358 g/mol. The van der Waals surface area contributed by atoms with Crippen LogP contribution in [0.2, 0.25) is 0 Å². The second-order valence-electron chi connectivity index (χ2n) is 6.56. The van der Waals surface area contributed by atoms with Crippen LogP contribution in [0, 0.1) is 0 Å². The monoisotopic (exact) mass is 358 g/mol. The maximum Gasteiger partial charge on any atom is 0.261 e. The molecule has 1 aliphatic carbocycles. The van der Waals surface area contributed by atoms with E-state index >= 15 is 0 Å². The van der Waals surface area contributed by atoms with Crippen molar-refractivity contribution in [3.8, 4) is 11.5 Å². The number of benzene rings is 1. The summed E-state index contributed by atoms with van der Waals surface area (Å²) in [6, 6.07) is 8.42. The Kier molecular flexibility index (Phi) is 4.39. The third-order valence-corrected chi connectivity index (χ3v) is 5.99. The number of hydrogen-bond acceptors (Lipinski definition) is 5. The van der Waals surface area contributed by atoms with Crippen molar-refractivity contribution in [2.45, 2.75) is 38.5 Å². The zero-order valence-corrected chi connectivity index (χ0v) is 15.3. The summed E-state index contributed by atoms with van der Waals surface area (Å²) < 4.78 is 10.6. The summed E-state index contributed by atoms with van der Waals surface area (Å²) in [5.41, 5.74) is 2.22. The number of nitrogens with one attached hydrogen (secondary N) is 1. The quantitative estimate of drug-likeness (QED) is 0.862. The highest BCUT2D eigenvalue weighted by Crippen LogP contribution is 2.38. The van der Waals surface area contributed by atoms with Crippen molar-refractivity contribution in [3.05, 3.63) is 45.1 Å². The largest absolute Gasteiger partial charge is 0.497 e. The van der Waals surface area contributed by atoms with Crippen molar-refractivity contribution in [3.63, 3.8) is 0 Å². The SMILES string of the molecule is COc1ccc(OC)c(CNC(=O)c2cc3c(s2)CN(C2CC2)C3)c1. The molecule has 5 nitrogen and oxygen atoms in total. The molecule has 1 amide bonds. The summed E-state index contributed by atoms with van der Waals surface area (Å²) in [4.78, 5) is 17.2. The highest BCUT2D eigenvalue weighted by Gasteiger charge is 2.34. The Morgan fingerprint density at radius 3 is 2.76 bits per heavy atom. The molecule has 2 aliphatic rings. The van der Waals surface area contributed by atoms with Gasteiger partial charge in [-0.05, 0) is 42.7 Å². The molecule has 132 valence electrons. The van der Waals surface area contributed by atoms with Gasteiger partial charge in [0.2, 0.25) is 0 Å². The molecule has 0 bridgehead atoms.